The van der Waals surface area contributed by atoms with Crippen molar-refractivity contribution in [3.8, 4) is 0 Å². The van der Waals surface area contributed by atoms with E-state index in [4.69, 9.17) is 0 Å². The molecule has 8 nitrogen and oxygen atoms in total. The van der Waals surface area contributed by atoms with E-state index in [0.29, 0.717) is 11.6 Å². The quantitative estimate of drug-likeness (QED) is 0.607. The molecule has 0 saturated carbocycles. The number of nitro groups is 1. The van der Waals surface area contributed by atoms with Crippen molar-refractivity contribution < 1.29 is 14.5 Å². The van der Waals surface area contributed by atoms with Gasteiger partial charge in [-0.05, 0) is 51.7 Å². The zero-order valence-corrected chi connectivity index (χ0v) is 16.4. The van der Waals surface area contributed by atoms with Gasteiger partial charge in [0.1, 0.15) is 5.69 Å². The minimum atomic E-state index is -0.513. The summed E-state index contributed by atoms with van der Waals surface area (Å²) < 4.78 is 0. The SMILES string of the molecule is CC1CCCN(c2ccc(C(=O)NCC(=O)NC(C)(C)C)cc2[N+](=O)[O-])C1. The molecule has 8 heteroatoms. The van der Waals surface area contributed by atoms with Crippen LogP contribution in [0.2, 0.25) is 0 Å². The highest BCUT2D eigenvalue weighted by Gasteiger charge is 2.25. The van der Waals surface area contributed by atoms with E-state index in [1.165, 1.54) is 6.07 Å². The molecule has 1 heterocycles. The molecular formula is C19H28N4O4. The molecule has 1 aliphatic rings. The highest BCUT2D eigenvalue weighted by Crippen LogP contribution is 2.32. The van der Waals surface area contributed by atoms with E-state index in [0.717, 1.165) is 25.9 Å². The van der Waals surface area contributed by atoms with Crippen LogP contribution in [0.1, 0.15) is 50.9 Å². The van der Waals surface area contributed by atoms with Gasteiger partial charge in [0.05, 0.1) is 11.5 Å². The number of piperidine rings is 1. The maximum absolute atomic E-state index is 12.3. The summed E-state index contributed by atoms with van der Waals surface area (Å²) in [6.07, 6.45) is 2.10. The number of amides is 2. The first kappa shape index (κ1) is 20.7. The standard InChI is InChI=1S/C19H28N4O4/c1-13-6-5-9-22(12-13)15-8-7-14(10-16(15)23(26)27)18(25)20-11-17(24)21-19(2,3)4/h7-8,10,13H,5-6,9,11-12H2,1-4H3,(H,20,25)(H,21,24). The van der Waals surface area contributed by atoms with E-state index < -0.39 is 16.4 Å². The summed E-state index contributed by atoms with van der Waals surface area (Å²) >= 11 is 0. The molecule has 0 spiro atoms. The Morgan fingerprint density at radius 1 is 1.33 bits per heavy atom. The summed E-state index contributed by atoms with van der Waals surface area (Å²) in [4.78, 5) is 37.2. The van der Waals surface area contributed by atoms with Gasteiger partial charge in [-0.25, -0.2) is 0 Å². The van der Waals surface area contributed by atoms with Gasteiger partial charge < -0.3 is 15.5 Å². The highest BCUT2D eigenvalue weighted by atomic mass is 16.6. The second kappa shape index (κ2) is 8.37. The van der Waals surface area contributed by atoms with Crippen molar-refractivity contribution in [1.29, 1.82) is 0 Å². The zero-order valence-electron chi connectivity index (χ0n) is 16.4. The van der Waals surface area contributed by atoms with Crippen LogP contribution in [0.3, 0.4) is 0 Å². The van der Waals surface area contributed by atoms with Crippen LogP contribution in [0.4, 0.5) is 11.4 Å². The van der Waals surface area contributed by atoms with Crippen molar-refractivity contribution in [1.82, 2.24) is 10.6 Å². The van der Waals surface area contributed by atoms with Crippen LogP contribution < -0.4 is 15.5 Å². The lowest BCUT2D eigenvalue weighted by Crippen LogP contribution is -2.45. The molecule has 1 aromatic rings. The van der Waals surface area contributed by atoms with Gasteiger partial charge in [-0.15, -0.1) is 0 Å². The average molecular weight is 376 g/mol. The molecule has 2 amide bonds. The molecule has 0 radical (unpaired) electrons. The van der Waals surface area contributed by atoms with Crippen LogP contribution in [0.15, 0.2) is 18.2 Å². The minimum Gasteiger partial charge on any atom is -0.366 e. The number of nitrogens with one attached hydrogen (secondary N) is 2. The van der Waals surface area contributed by atoms with Gasteiger partial charge in [-0.3, -0.25) is 19.7 Å². The second-order valence-electron chi connectivity index (χ2n) is 8.13. The fraction of sp³-hybridized carbons (Fsp3) is 0.579. The Kier molecular flexibility index (Phi) is 6.41. The van der Waals surface area contributed by atoms with Gasteiger partial charge in [-0.1, -0.05) is 6.92 Å². The number of nitrogens with zero attached hydrogens (tertiary/aromatic N) is 2. The van der Waals surface area contributed by atoms with E-state index in [-0.39, 0.29) is 23.7 Å². The van der Waals surface area contributed by atoms with Crippen LogP contribution >= 0.6 is 0 Å². The van der Waals surface area contributed by atoms with Gasteiger partial charge in [0.15, 0.2) is 0 Å². The number of carbonyl (C=O) groups is 2. The van der Waals surface area contributed by atoms with E-state index in [1.54, 1.807) is 12.1 Å². The second-order valence-corrected chi connectivity index (χ2v) is 8.13. The van der Waals surface area contributed by atoms with Gasteiger partial charge in [0.2, 0.25) is 5.91 Å². The molecule has 148 valence electrons. The Labute approximate surface area is 159 Å². The Balaban J connectivity index is 2.11. The third-order valence-electron chi connectivity index (χ3n) is 4.36. The van der Waals surface area contributed by atoms with Crippen molar-refractivity contribution in [2.75, 3.05) is 24.5 Å². The number of hydrogen-bond donors (Lipinski definition) is 2. The van der Waals surface area contributed by atoms with Gasteiger partial charge >= 0.3 is 0 Å². The van der Waals surface area contributed by atoms with Gasteiger partial charge in [0.25, 0.3) is 11.6 Å². The maximum atomic E-state index is 12.3. The lowest BCUT2D eigenvalue weighted by molar-refractivity contribution is -0.384. The topological polar surface area (TPSA) is 105 Å². The predicted octanol–water partition coefficient (Wildman–Crippen LogP) is 2.48. The monoisotopic (exact) mass is 376 g/mol. The Bertz CT molecular complexity index is 727. The van der Waals surface area contributed by atoms with Gasteiger partial charge in [-0.2, -0.15) is 0 Å². The third-order valence-corrected chi connectivity index (χ3v) is 4.36. The van der Waals surface area contributed by atoms with Crippen molar-refractivity contribution in [3.05, 3.63) is 33.9 Å². The minimum absolute atomic E-state index is 0.0871. The number of hydrogen-bond acceptors (Lipinski definition) is 5. The molecule has 1 atom stereocenters. The summed E-state index contributed by atoms with van der Waals surface area (Å²) in [6, 6.07) is 4.48. The Morgan fingerprint density at radius 2 is 2.04 bits per heavy atom. The molecule has 1 aromatic carbocycles. The number of benzene rings is 1. The summed E-state index contributed by atoms with van der Waals surface area (Å²) in [6.45, 7) is 9.00. The van der Waals surface area contributed by atoms with E-state index in [1.807, 2.05) is 25.7 Å². The molecule has 1 unspecified atom stereocenters. The predicted molar refractivity (Wildman–Crippen MR) is 104 cm³/mol. The molecule has 1 aliphatic heterocycles. The first-order valence-electron chi connectivity index (χ1n) is 9.19. The van der Waals surface area contributed by atoms with Crippen molar-refractivity contribution in [2.24, 2.45) is 5.92 Å². The summed E-state index contributed by atoms with van der Waals surface area (Å²) in [5.74, 6) is -0.354. The molecule has 0 aromatic heterocycles. The summed E-state index contributed by atoms with van der Waals surface area (Å²) in [5, 5.41) is 16.8. The van der Waals surface area contributed by atoms with Crippen LogP contribution in [-0.4, -0.2) is 41.9 Å². The molecule has 0 bridgehead atoms. The molecule has 1 fully saturated rings. The van der Waals surface area contributed by atoms with E-state index in [9.17, 15) is 19.7 Å². The Hall–Kier alpha value is -2.64. The average Bonchev–Trinajstić information content (AvgIpc) is 2.57. The van der Waals surface area contributed by atoms with E-state index in [2.05, 4.69) is 17.6 Å². The number of rotatable bonds is 5. The largest absolute Gasteiger partial charge is 0.366 e. The fourth-order valence-electron chi connectivity index (χ4n) is 3.21. The molecule has 2 N–H and O–H groups in total. The highest BCUT2D eigenvalue weighted by molar-refractivity contribution is 5.97. The number of anilines is 1. The molecule has 27 heavy (non-hydrogen) atoms. The third kappa shape index (κ3) is 5.94. The van der Waals surface area contributed by atoms with Crippen LogP contribution in [0.5, 0.6) is 0 Å². The first-order valence-corrected chi connectivity index (χ1v) is 9.19. The fourth-order valence-corrected chi connectivity index (χ4v) is 3.21. The molecule has 0 aliphatic carbocycles. The number of nitro benzene ring substituents is 1. The van der Waals surface area contributed by atoms with Crippen molar-refractivity contribution in [2.45, 2.75) is 46.1 Å². The number of carbonyl (C=O) groups excluding carboxylic acids is 2. The Morgan fingerprint density at radius 3 is 2.63 bits per heavy atom. The van der Waals surface area contributed by atoms with E-state index >= 15 is 0 Å². The van der Waals surface area contributed by atoms with Crippen LogP contribution in [0, 0.1) is 16.0 Å². The van der Waals surface area contributed by atoms with Crippen LogP contribution in [-0.2, 0) is 4.79 Å². The zero-order chi connectivity index (χ0) is 20.2. The molecular weight excluding hydrogens is 348 g/mol. The molecule has 1 saturated heterocycles. The van der Waals surface area contributed by atoms with Gasteiger partial charge in [0, 0.05) is 30.3 Å². The first-order chi connectivity index (χ1) is 12.6. The van der Waals surface area contributed by atoms with Crippen LogP contribution in [0.25, 0.3) is 0 Å². The normalized spacial score (nSPS) is 17.3. The summed E-state index contributed by atoms with van der Waals surface area (Å²) in [7, 11) is 0. The summed E-state index contributed by atoms with van der Waals surface area (Å²) in [5.41, 5.74) is 0.219. The lowest BCUT2D eigenvalue weighted by atomic mass is 9.99. The van der Waals surface area contributed by atoms with Crippen molar-refractivity contribution in [3.63, 3.8) is 0 Å². The molecule has 2 rings (SSSR count). The maximum Gasteiger partial charge on any atom is 0.293 e. The van der Waals surface area contributed by atoms with Crippen molar-refractivity contribution >= 4 is 23.2 Å². The lowest BCUT2D eigenvalue weighted by Gasteiger charge is -2.32. The smallest absolute Gasteiger partial charge is 0.293 e.